The summed E-state index contributed by atoms with van der Waals surface area (Å²) < 4.78 is 0.821. The number of pyridine rings is 1. The number of carbonyl (C=O) groups excluding carboxylic acids is 1. The van der Waals surface area contributed by atoms with E-state index in [0.29, 0.717) is 11.2 Å². The first-order valence-corrected chi connectivity index (χ1v) is 4.40. The van der Waals surface area contributed by atoms with Crippen LogP contribution in [-0.4, -0.2) is 15.9 Å². The van der Waals surface area contributed by atoms with Crippen LogP contribution in [0.5, 0.6) is 0 Å². The van der Waals surface area contributed by atoms with Gasteiger partial charge >= 0.3 is 0 Å². The van der Waals surface area contributed by atoms with E-state index in [1.165, 1.54) is 0 Å². The van der Waals surface area contributed by atoms with Crippen molar-refractivity contribution < 1.29 is 4.79 Å². The molecule has 5 heteroatoms. The van der Waals surface area contributed by atoms with Crippen LogP contribution in [0.15, 0.2) is 22.9 Å². The summed E-state index contributed by atoms with van der Waals surface area (Å²) in [5, 5.41) is 0.738. The highest BCUT2D eigenvalue weighted by Crippen LogP contribution is 2.19. The van der Waals surface area contributed by atoms with Crippen LogP contribution in [0.1, 0.15) is 10.4 Å². The summed E-state index contributed by atoms with van der Waals surface area (Å²) in [4.78, 5) is 17.9. The normalized spacial score (nSPS) is 10.5. The van der Waals surface area contributed by atoms with E-state index in [1.807, 2.05) is 0 Å². The van der Waals surface area contributed by atoms with Crippen molar-refractivity contribution in [2.75, 3.05) is 0 Å². The number of carbonyl (C=O) groups is 1. The van der Waals surface area contributed by atoms with Gasteiger partial charge in [-0.05, 0) is 22.0 Å². The van der Waals surface area contributed by atoms with Crippen molar-refractivity contribution >= 4 is 32.9 Å². The molecule has 0 spiro atoms. The van der Waals surface area contributed by atoms with Gasteiger partial charge < -0.3 is 10.7 Å². The minimum atomic E-state index is -0.453. The number of primary amides is 1. The topological polar surface area (TPSA) is 71.8 Å². The van der Waals surface area contributed by atoms with Crippen LogP contribution < -0.4 is 5.73 Å². The van der Waals surface area contributed by atoms with Gasteiger partial charge in [-0.1, -0.05) is 0 Å². The minimum Gasteiger partial charge on any atom is -0.366 e. The maximum absolute atomic E-state index is 10.9. The van der Waals surface area contributed by atoms with Gasteiger partial charge in [-0.3, -0.25) is 4.79 Å². The molecule has 0 aromatic carbocycles. The Morgan fingerprint density at radius 2 is 2.38 bits per heavy atom. The van der Waals surface area contributed by atoms with Crippen LogP contribution in [0, 0.1) is 0 Å². The van der Waals surface area contributed by atoms with Crippen LogP contribution in [0.2, 0.25) is 0 Å². The molecule has 0 aliphatic carbocycles. The highest BCUT2D eigenvalue weighted by atomic mass is 79.9. The number of hydrogen-bond acceptors (Lipinski definition) is 2. The Labute approximate surface area is 82.3 Å². The molecule has 0 radical (unpaired) electrons. The fourth-order valence-electron chi connectivity index (χ4n) is 1.18. The average Bonchev–Trinajstić information content (AvgIpc) is 2.46. The van der Waals surface area contributed by atoms with Gasteiger partial charge in [-0.2, -0.15) is 0 Å². The molecule has 66 valence electrons. The third-order valence-corrected chi connectivity index (χ3v) is 2.20. The van der Waals surface area contributed by atoms with Crippen molar-refractivity contribution in [2.45, 2.75) is 0 Å². The molecule has 2 heterocycles. The molecule has 1 amide bonds. The van der Waals surface area contributed by atoms with Crippen molar-refractivity contribution in [2.24, 2.45) is 5.73 Å². The Hall–Kier alpha value is -1.36. The molecule has 0 fully saturated rings. The number of nitrogens with two attached hydrogens (primary N) is 1. The van der Waals surface area contributed by atoms with Crippen molar-refractivity contribution in [3.8, 4) is 0 Å². The molecular formula is C8H6BrN3O. The molecule has 2 rings (SSSR count). The molecule has 0 aliphatic heterocycles. The quantitative estimate of drug-likeness (QED) is 0.791. The lowest BCUT2D eigenvalue weighted by Gasteiger charge is -1.92. The number of aromatic amines is 1. The second-order valence-corrected chi connectivity index (χ2v) is 3.53. The molecule has 0 saturated heterocycles. The lowest BCUT2D eigenvalue weighted by Crippen LogP contribution is -2.09. The molecule has 0 unspecified atom stereocenters. The smallest absolute Gasteiger partial charge is 0.250 e. The average molecular weight is 240 g/mol. The Kier molecular flexibility index (Phi) is 1.81. The van der Waals surface area contributed by atoms with E-state index in [0.717, 1.165) is 9.86 Å². The zero-order valence-electron chi connectivity index (χ0n) is 6.54. The summed E-state index contributed by atoms with van der Waals surface area (Å²) in [6.07, 6.45) is 3.22. The first kappa shape index (κ1) is 8.25. The van der Waals surface area contributed by atoms with Crippen LogP contribution in [0.3, 0.4) is 0 Å². The van der Waals surface area contributed by atoms with Gasteiger partial charge in [0, 0.05) is 22.3 Å². The number of fused-ring (bicyclic) bond motifs is 1. The van der Waals surface area contributed by atoms with Crippen molar-refractivity contribution in [1.29, 1.82) is 0 Å². The van der Waals surface area contributed by atoms with Gasteiger partial charge in [-0.15, -0.1) is 0 Å². The molecule has 0 saturated carbocycles. The van der Waals surface area contributed by atoms with E-state index in [1.54, 1.807) is 18.5 Å². The third-order valence-electron chi connectivity index (χ3n) is 1.76. The van der Waals surface area contributed by atoms with Crippen molar-refractivity contribution in [1.82, 2.24) is 9.97 Å². The van der Waals surface area contributed by atoms with Crippen LogP contribution in [0.25, 0.3) is 11.0 Å². The first-order valence-electron chi connectivity index (χ1n) is 3.61. The highest BCUT2D eigenvalue weighted by Gasteiger charge is 2.08. The van der Waals surface area contributed by atoms with Crippen LogP contribution in [-0.2, 0) is 0 Å². The largest absolute Gasteiger partial charge is 0.366 e. The molecule has 0 bridgehead atoms. The van der Waals surface area contributed by atoms with Gasteiger partial charge in [0.15, 0.2) is 0 Å². The molecule has 2 aromatic rings. The molecule has 3 N–H and O–H groups in total. The number of amides is 1. The Morgan fingerprint density at radius 1 is 1.62 bits per heavy atom. The van der Waals surface area contributed by atoms with Gasteiger partial charge in [0.2, 0.25) is 0 Å². The summed E-state index contributed by atoms with van der Waals surface area (Å²) in [5.74, 6) is -0.453. The molecule has 13 heavy (non-hydrogen) atoms. The summed E-state index contributed by atoms with van der Waals surface area (Å²) in [6.45, 7) is 0. The molecule has 0 atom stereocenters. The number of aromatic nitrogens is 2. The second-order valence-electron chi connectivity index (χ2n) is 2.62. The monoisotopic (exact) mass is 239 g/mol. The third kappa shape index (κ3) is 1.31. The Morgan fingerprint density at radius 3 is 3.08 bits per heavy atom. The number of nitrogens with one attached hydrogen (secondary N) is 1. The number of H-pyrrole nitrogens is 1. The lowest BCUT2D eigenvalue weighted by atomic mass is 10.2. The SMILES string of the molecule is NC(=O)c1c[nH]c2ncc(Br)cc12. The predicted molar refractivity (Wildman–Crippen MR) is 52.3 cm³/mol. The summed E-state index contributed by atoms with van der Waals surface area (Å²) in [7, 11) is 0. The fourth-order valence-corrected chi connectivity index (χ4v) is 1.51. The maximum Gasteiger partial charge on any atom is 0.250 e. The molecule has 0 aliphatic rings. The molecular weight excluding hydrogens is 234 g/mol. The summed E-state index contributed by atoms with van der Waals surface area (Å²) >= 11 is 3.27. The maximum atomic E-state index is 10.9. The van der Waals surface area contributed by atoms with Crippen LogP contribution >= 0.6 is 15.9 Å². The number of nitrogens with zero attached hydrogens (tertiary/aromatic N) is 1. The summed E-state index contributed by atoms with van der Waals surface area (Å²) in [6, 6.07) is 1.80. The molecule has 4 nitrogen and oxygen atoms in total. The number of halogens is 1. The van der Waals surface area contributed by atoms with E-state index in [-0.39, 0.29) is 0 Å². The lowest BCUT2D eigenvalue weighted by molar-refractivity contribution is 0.100. The number of rotatable bonds is 1. The standard InChI is InChI=1S/C8H6BrN3O/c9-4-1-5-6(7(10)13)3-12-8(5)11-2-4/h1-3H,(H2,10,13)(H,11,12). The van der Waals surface area contributed by atoms with Gasteiger partial charge in [0.1, 0.15) is 5.65 Å². The van der Waals surface area contributed by atoms with E-state index in [2.05, 4.69) is 25.9 Å². The van der Waals surface area contributed by atoms with Crippen LogP contribution in [0.4, 0.5) is 0 Å². The minimum absolute atomic E-state index is 0.453. The van der Waals surface area contributed by atoms with E-state index in [4.69, 9.17) is 5.73 Å². The Balaban J connectivity index is 2.79. The van der Waals surface area contributed by atoms with E-state index in [9.17, 15) is 4.79 Å². The zero-order valence-corrected chi connectivity index (χ0v) is 8.13. The van der Waals surface area contributed by atoms with E-state index < -0.39 is 5.91 Å². The van der Waals surface area contributed by atoms with Gasteiger partial charge in [-0.25, -0.2) is 4.98 Å². The van der Waals surface area contributed by atoms with Crippen molar-refractivity contribution in [3.63, 3.8) is 0 Å². The highest BCUT2D eigenvalue weighted by molar-refractivity contribution is 9.10. The molecule has 2 aromatic heterocycles. The number of hydrogen-bond donors (Lipinski definition) is 2. The van der Waals surface area contributed by atoms with Gasteiger partial charge in [0.05, 0.1) is 5.56 Å². The summed E-state index contributed by atoms with van der Waals surface area (Å²) in [5.41, 5.74) is 6.30. The van der Waals surface area contributed by atoms with E-state index >= 15 is 0 Å². The second kappa shape index (κ2) is 2.85. The van der Waals surface area contributed by atoms with Crippen molar-refractivity contribution in [3.05, 3.63) is 28.5 Å². The predicted octanol–water partition coefficient (Wildman–Crippen LogP) is 1.42. The Bertz CT molecular complexity index is 477. The van der Waals surface area contributed by atoms with Gasteiger partial charge in [0.25, 0.3) is 5.91 Å². The first-order chi connectivity index (χ1) is 6.18. The zero-order chi connectivity index (χ0) is 9.42. The fraction of sp³-hybridized carbons (Fsp3) is 0.